The molecular weight excluding hydrogens is 303 g/mol. The second kappa shape index (κ2) is 5.32. The molecule has 3 heterocycles. The fourth-order valence-electron chi connectivity index (χ4n) is 1.66. The van der Waals surface area contributed by atoms with Crippen LogP contribution in [0.3, 0.4) is 0 Å². The molecule has 3 aromatic rings. The molecule has 0 fully saturated rings. The molecule has 0 aliphatic heterocycles. The first kappa shape index (κ1) is 13.8. The molecule has 0 spiro atoms. The third-order valence-corrected chi connectivity index (χ3v) is 3.45. The van der Waals surface area contributed by atoms with Crippen molar-refractivity contribution in [2.24, 2.45) is 0 Å². The van der Waals surface area contributed by atoms with Gasteiger partial charge in [-0.15, -0.1) is 0 Å². The summed E-state index contributed by atoms with van der Waals surface area (Å²) in [5.41, 5.74) is -0.253. The minimum absolute atomic E-state index is 0.0647. The summed E-state index contributed by atoms with van der Waals surface area (Å²) in [6, 6.07) is 2.61. The van der Waals surface area contributed by atoms with Crippen molar-refractivity contribution in [2.75, 3.05) is 0 Å². The monoisotopic (exact) mass is 311 g/mol. The highest BCUT2D eigenvalue weighted by Gasteiger charge is 2.32. The SMILES string of the molecule is FC(F)(F)c1ccnc(SCc2cn3cccnc3n2)n1. The van der Waals surface area contributed by atoms with Crippen LogP contribution in [-0.4, -0.2) is 24.3 Å². The predicted molar refractivity (Wildman–Crippen MR) is 69.6 cm³/mol. The number of alkyl halides is 3. The summed E-state index contributed by atoms with van der Waals surface area (Å²) in [6.07, 6.45) is 1.82. The largest absolute Gasteiger partial charge is 0.433 e. The van der Waals surface area contributed by atoms with E-state index < -0.39 is 11.9 Å². The van der Waals surface area contributed by atoms with Gasteiger partial charge in [-0.1, -0.05) is 11.8 Å². The lowest BCUT2D eigenvalue weighted by molar-refractivity contribution is -0.141. The molecule has 0 bridgehead atoms. The maximum absolute atomic E-state index is 12.5. The topological polar surface area (TPSA) is 56.0 Å². The van der Waals surface area contributed by atoms with Gasteiger partial charge in [-0.05, 0) is 12.1 Å². The van der Waals surface area contributed by atoms with Crippen molar-refractivity contribution < 1.29 is 13.2 Å². The van der Waals surface area contributed by atoms with Crippen LogP contribution in [0.2, 0.25) is 0 Å². The summed E-state index contributed by atoms with van der Waals surface area (Å²) in [6.45, 7) is 0. The molecule has 0 N–H and O–H groups in total. The summed E-state index contributed by atoms with van der Waals surface area (Å²) in [5, 5.41) is 0.0647. The van der Waals surface area contributed by atoms with Gasteiger partial charge < -0.3 is 0 Å². The van der Waals surface area contributed by atoms with Crippen molar-refractivity contribution in [3.63, 3.8) is 0 Å². The summed E-state index contributed by atoms with van der Waals surface area (Å²) >= 11 is 1.09. The highest BCUT2D eigenvalue weighted by molar-refractivity contribution is 7.98. The van der Waals surface area contributed by atoms with Crippen LogP contribution < -0.4 is 0 Å². The average Bonchev–Trinajstić information content (AvgIpc) is 2.87. The number of rotatable bonds is 3. The molecule has 0 radical (unpaired) electrons. The van der Waals surface area contributed by atoms with Crippen molar-refractivity contribution in [2.45, 2.75) is 17.1 Å². The van der Waals surface area contributed by atoms with Crippen LogP contribution in [-0.2, 0) is 11.9 Å². The number of aromatic nitrogens is 5. The maximum atomic E-state index is 12.5. The fourth-order valence-corrected chi connectivity index (χ4v) is 2.37. The Morgan fingerprint density at radius 2 is 2.00 bits per heavy atom. The molecule has 0 aliphatic rings. The number of hydrogen-bond donors (Lipinski definition) is 0. The van der Waals surface area contributed by atoms with Crippen molar-refractivity contribution in [1.82, 2.24) is 24.3 Å². The highest BCUT2D eigenvalue weighted by atomic mass is 32.2. The lowest BCUT2D eigenvalue weighted by Crippen LogP contribution is -2.08. The van der Waals surface area contributed by atoms with Gasteiger partial charge in [0, 0.05) is 30.5 Å². The Kier molecular flexibility index (Phi) is 3.50. The summed E-state index contributed by atoms with van der Waals surface area (Å²) in [4.78, 5) is 15.6. The van der Waals surface area contributed by atoms with E-state index in [1.807, 2.05) is 0 Å². The van der Waals surface area contributed by atoms with E-state index in [0.717, 1.165) is 24.0 Å². The molecule has 108 valence electrons. The van der Waals surface area contributed by atoms with E-state index >= 15 is 0 Å². The van der Waals surface area contributed by atoms with Crippen LogP contribution in [0.25, 0.3) is 5.78 Å². The van der Waals surface area contributed by atoms with Gasteiger partial charge in [0.15, 0.2) is 5.16 Å². The van der Waals surface area contributed by atoms with Crippen molar-refractivity contribution in [3.8, 4) is 0 Å². The molecule has 5 nitrogen and oxygen atoms in total. The van der Waals surface area contributed by atoms with E-state index in [9.17, 15) is 13.2 Å². The Balaban J connectivity index is 1.75. The van der Waals surface area contributed by atoms with Crippen LogP contribution >= 0.6 is 11.8 Å². The van der Waals surface area contributed by atoms with Crippen LogP contribution in [0.4, 0.5) is 13.2 Å². The van der Waals surface area contributed by atoms with Gasteiger partial charge in [0.2, 0.25) is 5.78 Å². The van der Waals surface area contributed by atoms with E-state index in [2.05, 4.69) is 19.9 Å². The number of imidazole rings is 1. The van der Waals surface area contributed by atoms with Gasteiger partial charge in [-0.3, -0.25) is 4.40 Å². The number of fused-ring (bicyclic) bond motifs is 1. The predicted octanol–water partition coefficient (Wildman–Crippen LogP) is 2.83. The Hall–Kier alpha value is -2.16. The van der Waals surface area contributed by atoms with E-state index in [4.69, 9.17) is 0 Å². The first-order chi connectivity index (χ1) is 10.0. The molecule has 3 rings (SSSR count). The lowest BCUT2D eigenvalue weighted by Gasteiger charge is -2.05. The molecule has 0 saturated carbocycles. The third-order valence-electron chi connectivity index (χ3n) is 2.56. The second-order valence-electron chi connectivity index (χ2n) is 4.07. The third kappa shape index (κ3) is 3.13. The van der Waals surface area contributed by atoms with Crippen molar-refractivity contribution in [1.29, 1.82) is 0 Å². The number of hydrogen-bond acceptors (Lipinski definition) is 5. The van der Waals surface area contributed by atoms with Gasteiger partial charge in [0.1, 0.15) is 5.69 Å². The minimum atomic E-state index is -4.47. The first-order valence-electron chi connectivity index (χ1n) is 5.84. The van der Waals surface area contributed by atoms with E-state index in [0.29, 0.717) is 17.2 Å². The maximum Gasteiger partial charge on any atom is 0.433 e. The number of halogens is 3. The van der Waals surface area contributed by atoms with Crippen LogP contribution in [0.1, 0.15) is 11.4 Å². The first-order valence-corrected chi connectivity index (χ1v) is 6.82. The van der Waals surface area contributed by atoms with E-state index in [1.165, 1.54) is 0 Å². The molecule has 0 aromatic carbocycles. The number of thioether (sulfide) groups is 1. The molecule has 3 aromatic heterocycles. The average molecular weight is 311 g/mol. The zero-order valence-electron chi connectivity index (χ0n) is 10.4. The van der Waals surface area contributed by atoms with Crippen LogP contribution in [0.15, 0.2) is 42.1 Å². The van der Waals surface area contributed by atoms with Crippen molar-refractivity contribution >= 4 is 17.5 Å². The number of nitrogens with zero attached hydrogens (tertiary/aromatic N) is 5. The summed E-state index contributed by atoms with van der Waals surface area (Å²) in [5.74, 6) is 0.906. The Bertz CT molecular complexity index is 738. The normalized spacial score (nSPS) is 12.0. The van der Waals surface area contributed by atoms with E-state index in [-0.39, 0.29) is 5.16 Å². The minimum Gasteiger partial charge on any atom is -0.291 e. The zero-order valence-corrected chi connectivity index (χ0v) is 11.3. The Morgan fingerprint density at radius 3 is 2.76 bits per heavy atom. The zero-order chi connectivity index (χ0) is 14.9. The molecule has 0 atom stereocenters. The molecule has 0 amide bonds. The smallest absolute Gasteiger partial charge is 0.291 e. The molecule has 0 unspecified atom stereocenters. The van der Waals surface area contributed by atoms with Crippen molar-refractivity contribution in [3.05, 3.63) is 48.3 Å². The Labute approximate surface area is 121 Å². The molecule has 0 aliphatic carbocycles. The quantitative estimate of drug-likeness (QED) is 0.550. The molecule has 21 heavy (non-hydrogen) atoms. The van der Waals surface area contributed by atoms with Gasteiger partial charge in [-0.2, -0.15) is 13.2 Å². The van der Waals surface area contributed by atoms with Gasteiger partial charge in [-0.25, -0.2) is 19.9 Å². The van der Waals surface area contributed by atoms with Gasteiger partial charge in [0.05, 0.1) is 5.69 Å². The van der Waals surface area contributed by atoms with Gasteiger partial charge in [0.25, 0.3) is 0 Å². The summed E-state index contributed by atoms with van der Waals surface area (Å²) < 4.78 is 39.4. The lowest BCUT2D eigenvalue weighted by atomic mass is 10.4. The van der Waals surface area contributed by atoms with Crippen LogP contribution in [0.5, 0.6) is 0 Å². The molecular formula is C12H8F3N5S. The van der Waals surface area contributed by atoms with Crippen LogP contribution in [0, 0.1) is 0 Å². The van der Waals surface area contributed by atoms with Gasteiger partial charge >= 0.3 is 6.18 Å². The van der Waals surface area contributed by atoms with E-state index in [1.54, 1.807) is 29.1 Å². The fraction of sp³-hybridized carbons (Fsp3) is 0.167. The highest BCUT2D eigenvalue weighted by Crippen LogP contribution is 2.28. The Morgan fingerprint density at radius 1 is 1.14 bits per heavy atom. The summed E-state index contributed by atoms with van der Waals surface area (Å²) in [7, 11) is 0. The molecule has 0 saturated heterocycles. The molecule has 9 heteroatoms. The standard InChI is InChI=1S/C12H8F3N5S/c13-12(14,15)9-2-4-17-11(19-9)21-7-8-6-20-5-1-3-16-10(20)18-8/h1-6H,7H2. The second-order valence-corrected chi connectivity index (χ2v) is 5.01.